The number of halogens is 1. The molecule has 2 atom stereocenters. The molecule has 0 heterocycles. The maximum Gasteiger partial charge on any atom is 0.306 e. The predicted molar refractivity (Wildman–Crippen MR) is 47.5 cm³/mol. The molecule has 1 aliphatic rings. The average molecular weight is 203 g/mol. The van der Waals surface area contributed by atoms with Gasteiger partial charge >= 0.3 is 5.97 Å². The van der Waals surface area contributed by atoms with Gasteiger partial charge in [0.05, 0.1) is 12.5 Å². The van der Waals surface area contributed by atoms with Crippen molar-refractivity contribution < 1.29 is 19.1 Å². The fourth-order valence-corrected chi connectivity index (χ4v) is 1.73. The molecule has 0 aromatic heterocycles. The summed E-state index contributed by atoms with van der Waals surface area (Å²) in [6, 6.07) is 0. The van der Waals surface area contributed by atoms with Gasteiger partial charge in [0.15, 0.2) is 0 Å². The number of alkyl halides is 1. The summed E-state index contributed by atoms with van der Waals surface area (Å²) >= 11 is 0. The molecule has 80 valence electrons. The second kappa shape index (κ2) is 3.94. The minimum atomic E-state index is -1.53. The highest BCUT2D eigenvalue weighted by molar-refractivity contribution is 5.73. The fourth-order valence-electron chi connectivity index (χ4n) is 1.73. The van der Waals surface area contributed by atoms with Crippen LogP contribution in [0.3, 0.4) is 0 Å². The van der Waals surface area contributed by atoms with E-state index in [-0.39, 0.29) is 25.3 Å². The van der Waals surface area contributed by atoms with Crippen LogP contribution in [0, 0.1) is 5.92 Å². The molecule has 0 radical (unpaired) electrons. The predicted octanol–water partition coefficient (Wildman–Crippen LogP) is 0.716. The van der Waals surface area contributed by atoms with Gasteiger partial charge in [0, 0.05) is 6.92 Å². The van der Waals surface area contributed by atoms with E-state index in [4.69, 9.17) is 5.11 Å². The normalized spacial score (nSPS) is 31.4. The summed E-state index contributed by atoms with van der Waals surface area (Å²) in [6.07, 6.45) is 0.568. The molecule has 0 spiro atoms. The van der Waals surface area contributed by atoms with Crippen LogP contribution >= 0.6 is 0 Å². The van der Waals surface area contributed by atoms with E-state index in [0.717, 1.165) is 0 Å². The van der Waals surface area contributed by atoms with Crippen LogP contribution < -0.4 is 5.32 Å². The van der Waals surface area contributed by atoms with E-state index in [0.29, 0.717) is 6.42 Å². The lowest BCUT2D eigenvalue weighted by Gasteiger charge is -2.19. The Kier molecular flexibility index (Phi) is 3.08. The molecule has 1 saturated carbocycles. The first kappa shape index (κ1) is 10.9. The standard InChI is InChI=1S/C9H14FNO3/c1-6(12)11-5-9(10)3-2-7(4-9)8(13)14/h7H,2-5H2,1H3,(H,11,12)(H,13,14)/t7-,9+/m0/s1. The van der Waals surface area contributed by atoms with Crippen molar-refractivity contribution in [1.29, 1.82) is 0 Å². The molecule has 1 aliphatic carbocycles. The average Bonchev–Trinajstić information content (AvgIpc) is 2.46. The van der Waals surface area contributed by atoms with Gasteiger partial charge in [0.25, 0.3) is 0 Å². The molecule has 0 aromatic carbocycles. The van der Waals surface area contributed by atoms with Gasteiger partial charge in [-0.05, 0) is 19.3 Å². The molecule has 2 N–H and O–H groups in total. The number of hydrogen-bond acceptors (Lipinski definition) is 2. The van der Waals surface area contributed by atoms with Gasteiger partial charge in [-0.3, -0.25) is 9.59 Å². The Morgan fingerprint density at radius 3 is 2.71 bits per heavy atom. The van der Waals surface area contributed by atoms with Crippen LogP contribution in [0.5, 0.6) is 0 Å². The quantitative estimate of drug-likeness (QED) is 0.710. The van der Waals surface area contributed by atoms with Crippen molar-refractivity contribution in [3.63, 3.8) is 0 Å². The molecule has 0 unspecified atom stereocenters. The van der Waals surface area contributed by atoms with Crippen LogP contribution in [0.2, 0.25) is 0 Å². The number of rotatable bonds is 3. The molecule has 0 saturated heterocycles. The van der Waals surface area contributed by atoms with Crippen molar-refractivity contribution in [3.05, 3.63) is 0 Å². The molecule has 1 rings (SSSR count). The minimum absolute atomic E-state index is 0.00259. The number of carbonyl (C=O) groups is 2. The highest BCUT2D eigenvalue weighted by Crippen LogP contribution is 2.37. The molecule has 0 bridgehead atoms. The summed E-state index contributed by atoms with van der Waals surface area (Å²) < 4.78 is 13.8. The maximum atomic E-state index is 13.8. The number of amides is 1. The molecule has 0 aliphatic heterocycles. The van der Waals surface area contributed by atoms with Crippen molar-refractivity contribution in [2.45, 2.75) is 31.9 Å². The summed E-state index contributed by atoms with van der Waals surface area (Å²) in [4.78, 5) is 21.1. The Labute approximate surface area is 81.5 Å². The summed E-state index contributed by atoms with van der Waals surface area (Å²) in [7, 11) is 0. The third-order valence-electron chi connectivity index (χ3n) is 2.56. The number of carboxylic acids is 1. The Morgan fingerprint density at radius 1 is 1.64 bits per heavy atom. The van der Waals surface area contributed by atoms with E-state index in [1.165, 1.54) is 6.92 Å². The summed E-state index contributed by atoms with van der Waals surface area (Å²) in [5, 5.41) is 11.0. The second-order valence-corrected chi connectivity index (χ2v) is 3.84. The van der Waals surface area contributed by atoms with Gasteiger partial charge in [-0.25, -0.2) is 4.39 Å². The SMILES string of the molecule is CC(=O)NC[C@@]1(F)CC[C@H](C(=O)O)C1. The number of nitrogens with one attached hydrogen (secondary N) is 1. The zero-order chi connectivity index (χ0) is 10.8. The smallest absolute Gasteiger partial charge is 0.306 e. The third-order valence-corrected chi connectivity index (χ3v) is 2.56. The summed E-state index contributed by atoms with van der Waals surface area (Å²) in [5.41, 5.74) is -1.53. The molecule has 1 amide bonds. The van der Waals surface area contributed by atoms with Crippen molar-refractivity contribution in [1.82, 2.24) is 5.32 Å². The van der Waals surface area contributed by atoms with Crippen molar-refractivity contribution in [3.8, 4) is 0 Å². The molecule has 0 aromatic rings. The number of hydrogen-bond donors (Lipinski definition) is 2. The van der Waals surface area contributed by atoms with Gasteiger partial charge in [-0.1, -0.05) is 0 Å². The highest BCUT2D eigenvalue weighted by atomic mass is 19.1. The summed E-state index contributed by atoms with van der Waals surface area (Å²) in [5.74, 6) is -1.85. The van der Waals surface area contributed by atoms with Gasteiger partial charge in [-0.2, -0.15) is 0 Å². The Morgan fingerprint density at radius 2 is 2.29 bits per heavy atom. The lowest BCUT2D eigenvalue weighted by molar-refractivity contribution is -0.141. The third kappa shape index (κ3) is 2.68. The van der Waals surface area contributed by atoms with Crippen LogP contribution in [0.25, 0.3) is 0 Å². The topological polar surface area (TPSA) is 66.4 Å². The van der Waals surface area contributed by atoms with Crippen molar-refractivity contribution in [2.24, 2.45) is 5.92 Å². The molecule has 5 heteroatoms. The van der Waals surface area contributed by atoms with E-state index in [9.17, 15) is 14.0 Å². The highest BCUT2D eigenvalue weighted by Gasteiger charge is 2.42. The maximum absolute atomic E-state index is 13.8. The Balaban J connectivity index is 2.45. The zero-order valence-electron chi connectivity index (χ0n) is 8.05. The molecule has 1 fully saturated rings. The van der Waals surface area contributed by atoms with E-state index >= 15 is 0 Å². The number of carboxylic acid groups (broad SMARTS) is 1. The monoisotopic (exact) mass is 203 g/mol. The van der Waals surface area contributed by atoms with Crippen molar-refractivity contribution >= 4 is 11.9 Å². The lowest BCUT2D eigenvalue weighted by atomic mass is 10.0. The van der Waals surface area contributed by atoms with Gasteiger partial charge in [0.1, 0.15) is 5.67 Å². The van der Waals surface area contributed by atoms with E-state index in [1.807, 2.05) is 0 Å². The van der Waals surface area contributed by atoms with E-state index in [1.54, 1.807) is 0 Å². The van der Waals surface area contributed by atoms with Crippen LogP contribution in [0.1, 0.15) is 26.2 Å². The van der Waals surface area contributed by atoms with E-state index in [2.05, 4.69) is 5.32 Å². The Bertz CT molecular complexity index is 256. The second-order valence-electron chi connectivity index (χ2n) is 3.84. The first-order chi connectivity index (χ1) is 6.43. The Hall–Kier alpha value is -1.13. The number of aliphatic carboxylic acids is 1. The van der Waals surface area contributed by atoms with Gasteiger partial charge < -0.3 is 10.4 Å². The van der Waals surface area contributed by atoms with Crippen LogP contribution in [-0.2, 0) is 9.59 Å². The van der Waals surface area contributed by atoms with Crippen LogP contribution in [-0.4, -0.2) is 29.2 Å². The number of carbonyl (C=O) groups excluding carboxylic acids is 1. The first-order valence-electron chi connectivity index (χ1n) is 4.59. The molecular weight excluding hydrogens is 189 g/mol. The van der Waals surface area contributed by atoms with Gasteiger partial charge in [-0.15, -0.1) is 0 Å². The van der Waals surface area contributed by atoms with Crippen LogP contribution in [0.4, 0.5) is 4.39 Å². The van der Waals surface area contributed by atoms with Gasteiger partial charge in [0.2, 0.25) is 5.91 Å². The summed E-state index contributed by atoms with van der Waals surface area (Å²) in [6.45, 7) is 1.24. The lowest BCUT2D eigenvalue weighted by Crippen LogP contribution is -2.37. The molecule has 14 heavy (non-hydrogen) atoms. The zero-order valence-corrected chi connectivity index (χ0v) is 8.05. The fraction of sp³-hybridized carbons (Fsp3) is 0.778. The molecule has 4 nitrogen and oxygen atoms in total. The van der Waals surface area contributed by atoms with E-state index < -0.39 is 17.6 Å². The first-order valence-corrected chi connectivity index (χ1v) is 4.59. The largest absolute Gasteiger partial charge is 0.481 e. The van der Waals surface area contributed by atoms with Crippen LogP contribution in [0.15, 0.2) is 0 Å². The van der Waals surface area contributed by atoms with Crippen molar-refractivity contribution in [2.75, 3.05) is 6.54 Å². The minimum Gasteiger partial charge on any atom is -0.481 e. The molecular formula is C9H14FNO3.